The van der Waals surface area contributed by atoms with Crippen LogP contribution >= 0.6 is 0 Å². The van der Waals surface area contributed by atoms with Crippen molar-refractivity contribution >= 4 is 17.6 Å². The molecule has 2 amide bonds. The van der Waals surface area contributed by atoms with Gasteiger partial charge in [-0.05, 0) is 26.0 Å². The van der Waals surface area contributed by atoms with E-state index in [0.717, 1.165) is 0 Å². The van der Waals surface area contributed by atoms with Gasteiger partial charge >= 0.3 is 0 Å². The van der Waals surface area contributed by atoms with Gasteiger partial charge in [-0.15, -0.1) is 0 Å². The zero-order chi connectivity index (χ0) is 13.8. The van der Waals surface area contributed by atoms with E-state index in [4.69, 9.17) is 5.73 Å². The van der Waals surface area contributed by atoms with Gasteiger partial charge in [-0.2, -0.15) is 0 Å². The van der Waals surface area contributed by atoms with Crippen molar-refractivity contribution in [2.24, 2.45) is 5.73 Å². The maximum Gasteiger partial charge on any atom is 0.255 e. The van der Waals surface area contributed by atoms with Gasteiger partial charge in [-0.25, -0.2) is 4.98 Å². The number of rotatable bonds is 5. The predicted molar refractivity (Wildman–Crippen MR) is 69.1 cm³/mol. The van der Waals surface area contributed by atoms with E-state index >= 15 is 0 Å². The Bertz CT molecular complexity index is 457. The minimum Gasteiger partial charge on any atom is -0.372 e. The summed E-state index contributed by atoms with van der Waals surface area (Å²) in [5, 5.41) is 5.60. The van der Waals surface area contributed by atoms with Crippen molar-refractivity contribution in [2.75, 3.05) is 12.4 Å². The Morgan fingerprint density at radius 2 is 2.11 bits per heavy atom. The number of nitrogens with zero attached hydrogens (tertiary/aromatic N) is 1. The number of aromatic nitrogens is 1. The van der Waals surface area contributed by atoms with Crippen LogP contribution in [-0.2, 0) is 4.79 Å². The minimum atomic E-state index is -0.691. The fourth-order valence-electron chi connectivity index (χ4n) is 1.64. The first kappa shape index (κ1) is 14.0. The molecule has 4 N–H and O–H groups in total. The third-order valence-electron chi connectivity index (χ3n) is 2.36. The standard InChI is InChI=1S/C12H18N4O2/c1-12(2,7-9(13)17)16-11(18)8-5-4-6-15-10(8)14-3/h4-6H,7H2,1-3H3,(H2,13,17)(H,14,15)(H,16,18). The van der Waals surface area contributed by atoms with Crippen LogP contribution in [0.15, 0.2) is 18.3 Å². The molecule has 0 atom stereocenters. The molecule has 0 saturated heterocycles. The number of hydrogen-bond acceptors (Lipinski definition) is 4. The number of nitrogens with two attached hydrogens (primary N) is 1. The zero-order valence-electron chi connectivity index (χ0n) is 10.8. The molecule has 0 fully saturated rings. The molecular formula is C12H18N4O2. The second-order valence-electron chi connectivity index (χ2n) is 4.63. The minimum absolute atomic E-state index is 0.0773. The molecule has 6 heteroatoms. The summed E-state index contributed by atoms with van der Waals surface area (Å²) >= 11 is 0. The summed E-state index contributed by atoms with van der Waals surface area (Å²) in [6.45, 7) is 3.48. The molecule has 0 saturated carbocycles. The molecule has 98 valence electrons. The maximum atomic E-state index is 12.1. The largest absolute Gasteiger partial charge is 0.372 e. The number of pyridine rings is 1. The van der Waals surface area contributed by atoms with Crippen LogP contribution in [0.5, 0.6) is 0 Å². The van der Waals surface area contributed by atoms with Crippen LogP contribution in [-0.4, -0.2) is 29.4 Å². The Kier molecular flexibility index (Phi) is 4.25. The summed E-state index contributed by atoms with van der Waals surface area (Å²) in [7, 11) is 1.69. The second-order valence-corrected chi connectivity index (χ2v) is 4.63. The lowest BCUT2D eigenvalue weighted by Crippen LogP contribution is -2.46. The molecule has 0 unspecified atom stereocenters. The fraction of sp³-hybridized carbons (Fsp3) is 0.417. The predicted octanol–water partition coefficient (Wildman–Crippen LogP) is 0.507. The van der Waals surface area contributed by atoms with Crippen molar-refractivity contribution in [1.82, 2.24) is 10.3 Å². The Morgan fingerprint density at radius 3 is 2.67 bits per heavy atom. The molecule has 1 heterocycles. The third kappa shape index (κ3) is 3.73. The van der Waals surface area contributed by atoms with E-state index in [2.05, 4.69) is 15.6 Å². The normalized spacial score (nSPS) is 10.8. The molecule has 0 bridgehead atoms. The summed E-state index contributed by atoms with van der Waals surface area (Å²) in [4.78, 5) is 27.0. The van der Waals surface area contributed by atoms with Crippen LogP contribution in [0.25, 0.3) is 0 Å². The van der Waals surface area contributed by atoms with Crippen molar-refractivity contribution in [2.45, 2.75) is 25.8 Å². The smallest absolute Gasteiger partial charge is 0.255 e. The number of anilines is 1. The van der Waals surface area contributed by atoms with Crippen LogP contribution < -0.4 is 16.4 Å². The fourth-order valence-corrected chi connectivity index (χ4v) is 1.64. The Morgan fingerprint density at radius 1 is 1.44 bits per heavy atom. The van der Waals surface area contributed by atoms with Gasteiger partial charge in [0.25, 0.3) is 5.91 Å². The monoisotopic (exact) mass is 250 g/mol. The zero-order valence-corrected chi connectivity index (χ0v) is 10.8. The van der Waals surface area contributed by atoms with E-state index in [1.165, 1.54) is 0 Å². The highest BCUT2D eigenvalue weighted by atomic mass is 16.2. The number of nitrogens with one attached hydrogen (secondary N) is 2. The first-order chi connectivity index (χ1) is 8.35. The number of primary amides is 1. The number of hydrogen-bond donors (Lipinski definition) is 3. The Balaban J connectivity index is 2.85. The summed E-state index contributed by atoms with van der Waals surface area (Å²) in [6.07, 6.45) is 1.67. The van der Waals surface area contributed by atoms with Crippen molar-refractivity contribution in [1.29, 1.82) is 0 Å². The van der Waals surface area contributed by atoms with E-state index in [9.17, 15) is 9.59 Å². The number of carbonyl (C=O) groups is 2. The van der Waals surface area contributed by atoms with Crippen LogP contribution in [0.4, 0.5) is 5.82 Å². The molecule has 1 aromatic heterocycles. The van der Waals surface area contributed by atoms with Crippen molar-refractivity contribution in [3.8, 4) is 0 Å². The van der Waals surface area contributed by atoms with Gasteiger partial charge in [-0.3, -0.25) is 9.59 Å². The topological polar surface area (TPSA) is 97.1 Å². The van der Waals surface area contributed by atoms with Crippen LogP contribution in [0, 0.1) is 0 Å². The molecule has 0 radical (unpaired) electrons. The summed E-state index contributed by atoms with van der Waals surface area (Å²) in [6, 6.07) is 3.34. The van der Waals surface area contributed by atoms with E-state index in [1.54, 1.807) is 39.2 Å². The number of amides is 2. The molecule has 6 nitrogen and oxygen atoms in total. The first-order valence-electron chi connectivity index (χ1n) is 5.59. The first-order valence-corrected chi connectivity index (χ1v) is 5.59. The van der Waals surface area contributed by atoms with Crippen molar-refractivity contribution in [3.63, 3.8) is 0 Å². The van der Waals surface area contributed by atoms with Gasteiger partial charge in [0.1, 0.15) is 5.82 Å². The summed E-state index contributed by atoms with van der Waals surface area (Å²) < 4.78 is 0. The molecule has 0 spiro atoms. The molecule has 0 aromatic carbocycles. The van der Waals surface area contributed by atoms with Gasteiger partial charge < -0.3 is 16.4 Å². The van der Waals surface area contributed by atoms with Crippen LogP contribution in [0.2, 0.25) is 0 Å². The maximum absolute atomic E-state index is 12.1. The molecular weight excluding hydrogens is 232 g/mol. The lowest BCUT2D eigenvalue weighted by atomic mass is 9.99. The quantitative estimate of drug-likeness (QED) is 0.709. The SMILES string of the molecule is CNc1ncccc1C(=O)NC(C)(C)CC(N)=O. The third-order valence-corrected chi connectivity index (χ3v) is 2.36. The lowest BCUT2D eigenvalue weighted by molar-refractivity contribution is -0.119. The molecule has 0 aliphatic heterocycles. The molecule has 0 aliphatic carbocycles. The average molecular weight is 250 g/mol. The van der Waals surface area contributed by atoms with Gasteiger partial charge in [0.2, 0.25) is 5.91 Å². The second kappa shape index (κ2) is 5.48. The Hall–Kier alpha value is -2.11. The van der Waals surface area contributed by atoms with E-state index in [0.29, 0.717) is 11.4 Å². The summed E-state index contributed by atoms with van der Waals surface area (Å²) in [5.41, 5.74) is 4.87. The van der Waals surface area contributed by atoms with Crippen molar-refractivity contribution < 1.29 is 9.59 Å². The van der Waals surface area contributed by atoms with Gasteiger partial charge in [-0.1, -0.05) is 0 Å². The van der Waals surface area contributed by atoms with Gasteiger partial charge in [0.05, 0.1) is 5.56 Å². The molecule has 18 heavy (non-hydrogen) atoms. The highest BCUT2D eigenvalue weighted by Crippen LogP contribution is 2.14. The van der Waals surface area contributed by atoms with Crippen LogP contribution in [0.1, 0.15) is 30.6 Å². The Labute approximate surface area is 106 Å². The average Bonchev–Trinajstić information content (AvgIpc) is 2.26. The van der Waals surface area contributed by atoms with E-state index < -0.39 is 11.4 Å². The van der Waals surface area contributed by atoms with Gasteiger partial charge in [0, 0.05) is 25.2 Å². The molecule has 1 rings (SSSR count). The van der Waals surface area contributed by atoms with Gasteiger partial charge in [0.15, 0.2) is 0 Å². The highest BCUT2D eigenvalue weighted by molar-refractivity contribution is 5.99. The van der Waals surface area contributed by atoms with E-state index in [1.807, 2.05) is 0 Å². The highest BCUT2D eigenvalue weighted by Gasteiger charge is 2.24. The lowest BCUT2D eigenvalue weighted by Gasteiger charge is -2.25. The molecule has 0 aliphatic rings. The van der Waals surface area contributed by atoms with Crippen LogP contribution in [0.3, 0.4) is 0 Å². The van der Waals surface area contributed by atoms with E-state index in [-0.39, 0.29) is 12.3 Å². The summed E-state index contributed by atoms with van der Waals surface area (Å²) in [5.74, 6) is -0.260. The number of carbonyl (C=O) groups excluding carboxylic acids is 2. The van der Waals surface area contributed by atoms with Crippen molar-refractivity contribution in [3.05, 3.63) is 23.9 Å². The molecule has 1 aromatic rings.